The summed E-state index contributed by atoms with van der Waals surface area (Å²) in [4.78, 5) is 11.3. The molecule has 1 fully saturated rings. The SMILES string of the molecule is COC(=O)c1coc(CNC2CCCCCC2C)c1. The topological polar surface area (TPSA) is 51.5 Å². The normalized spacial score (nSPS) is 23.9. The number of nitrogens with one attached hydrogen (secondary N) is 1. The molecule has 0 spiro atoms. The van der Waals surface area contributed by atoms with Gasteiger partial charge in [0.15, 0.2) is 0 Å². The van der Waals surface area contributed by atoms with Crippen LogP contribution in [-0.4, -0.2) is 19.1 Å². The molecule has 0 aliphatic heterocycles. The van der Waals surface area contributed by atoms with E-state index in [4.69, 9.17) is 4.42 Å². The van der Waals surface area contributed by atoms with Crippen LogP contribution in [0.15, 0.2) is 16.7 Å². The van der Waals surface area contributed by atoms with Gasteiger partial charge in [-0.1, -0.05) is 26.2 Å². The molecule has 2 rings (SSSR count). The van der Waals surface area contributed by atoms with E-state index in [1.165, 1.54) is 45.5 Å². The third-order valence-electron chi connectivity index (χ3n) is 3.97. The van der Waals surface area contributed by atoms with E-state index < -0.39 is 0 Å². The van der Waals surface area contributed by atoms with Crippen LogP contribution in [-0.2, 0) is 11.3 Å². The maximum Gasteiger partial charge on any atom is 0.341 e. The molecule has 0 aromatic carbocycles. The van der Waals surface area contributed by atoms with Crippen LogP contribution in [0, 0.1) is 5.92 Å². The number of hydrogen-bond acceptors (Lipinski definition) is 4. The second-order valence-corrected chi connectivity index (χ2v) is 5.40. The molecule has 1 saturated carbocycles. The minimum Gasteiger partial charge on any atom is -0.467 e. The zero-order valence-corrected chi connectivity index (χ0v) is 11.8. The number of methoxy groups -OCH3 is 1. The lowest BCUT2D eigenvalue weighted by molar-refractivity contribution is 0.0600. The lowest BCUT2D eigenvalue weighted by Crippen LogP contribution is -2.33. The Labute approximate surface area is 114 Å². The highest BCUT2D eigenvalue weighted by Crippen LogP contribution is 2.23. The molecule has 1 N–H and O–H groups in total. The molecular formula is C15H23NO3. The molecule has 4 heteroatoms. The lowest BCUT2D eigenvalue weighted by Gasteiger charge is -2.22. The van der Waals surface area contributed by atoms with Gasteiger partial charge in [-0.2, -0.15) is 0 Å². The van der Waals surface area contributed by atoms with Crippen molar-refractivity contribution in [3.05, 3.63) is 23.7 Å². The Kier molecular flexibility index (Phi) is 5.02. The molecule has 0 bridgehead atoms. The summed E-state index contributed by atoms with van der Waals surface area (Å²) in [5.74, 6) is 1.15. The maximum atomic E-state index is 11.3. The molecule has 1 aromatic heterocycles. The summed E-state index contributed by atoms with van der Waals surface area (Å²) in [5.41, 5.74) is 0.480. The second-order valence-electron chi connectivity index (χ2n) is 5.40. The van der Waals surface area contributed by atoms with Gasteiger partial charge in [-0.05, 0) is 24.8 Å². The van der Waals surface area contributed by atoms with Crippen molar-refractivity contribution in [1.82, 2.24) is 5.32 Å². The Morgan fingerprint density at radius 2 is 2.21 bits per heavy atom. The van der Waals surface area contributed by atoms with Crippen LogP contribution in [0.2, 0.25) is 0 Å². The summed E-state index contributed by atoms with van der Waals surface area (Å²) in [6.07, 6.45) is 7.96. The van der Waals surface area contributed by atoms with E-state index in [2.05, 4.69) is 17.0 Å². The van der Waals surface area contributed by atoms with Crippen molar-refractivity contribution >= 4 is 5.97 Å². The standard InChI is InChI=1S/C15H23NO3/c1-11-6-4-3-5-7-14(11)16-9-13-8-12(10-19-13)15(17)18-2/h8,10-11,14,16H,3-7,9H2,1-2H3. The predicted molar refractivity (Wildman–Crippen MR) is 72.9 cm³/mol. The van der Waals surface area contributed by atoms with Crippen LogP contribution < -0.4 is 5.32 Å². The Morgan fingerprint density at radius 3 is 3.00 bits per heavy atom. The lowest BCUT2D eigenvalue weighted by atomic mass is 9.97. The van der Waals surface area contributed by atoms with Gasteiger partial charge in [-0.15, -0.1) is 0 Å². The summed E-state index contributed by atoms with van der Waals surface area (Å²) < 4.78 is 10.0. The van der Waals surface area contributed by atoms with Gasteiger partial charge in [-0.25, -0.2) is 4.79 Å². The van der Waals surface area contributed by atoms with E-state index in [-0.39, 0.29) is 5.97 Å². The second kappa shape index (κ2) is 6.75. The fraction of sp³-hybridized carbons (Fsp3) is 0.667. The Bertz CT molecular complexity index is 413. The van der Waals surface area contributed by atoms with Crippen molar-refractivity contribution in [2.24, 2.45) is 5.92 Å². The highest BCUT2D eigenvalue weighted by atomic mass is 16.5. The molecule has 2 atom stereocenters. The fourth-order valence-corrected chi connectivity index (χ4v) is 2.73. The molecule has 0 radical (unpaired) electrons. The summed E-state index contributed by atoms with van der Waals surface area (Å²) in [5, 5.41) is 3.55. The zero-order chi connectivity index (χ0) is 13.7. The van der Waals surface area contributed by atoms with Gasteiger partial charge < -0.3 is 14.5 Å². The summed E-state index contributed by atoms with van der Waals surface area (Å²) in [6, 6.07) is 2.30. The third kappa shape index (κ3) is 3.83. The van der Waals surface area contributed by atoms with Crippen molar-refractivity contribution in [2.45, 2.75) is 51.6 Å². The largest absolute Gasteiger partial charge is 0.467 e. The first-order chi connectivity index (χ1) is 9.20. The number of carbonyl (C=O) groups excluding carboxylic acids is 1. The van der Waals surface area contributed by atoms with E-state index in [0.717, 1.165) is 5.76 Å². The van der Waals surface area contributed by atoms with E-state index in [1.54, 1.807) is 6.07 Å². The van der Waals surface area contributed by atoms with Crippen LogP contribution >= 0.6 is 0 Å². The quantitative estimate of drug-likeness (QED) is 0.671. The van der Waals surface area contributed by atoms with Crippen LogP contribution in [0.5, 0.6) is 0 Å². The van der Waals surface area contributed by atoms with Gasteiger partial charge in [-0.3, -0.25) is 0 Å². The first kappa shape index (κ1) is 14.1. The van der Waals surface area contributed by atoms with Crippen LogP contribution in [0.1, 0.15) is 55.1 Å². The predicted octanol–water partition coefficient (Wildman–Crippen LogP) is 3.12. The highest BCUT2D eigenvalue weighted by molar-refractivity contribution is 5.88. The van der Waals surface area contributed by atoms with E-state index in [0.29, 0.717) is 24.1 Å². The number of rotatable bonds is 4. The average Bonchev–Trinajstić information content (AvgIpc) is 2.80. The average molecular weight is 265 g/mol. The van der Waals surface area contributed by atoms with Gasteiger partial charge >= 0.3 is 5.97 Å². The first-order valence-corrected chi connectivity index (χ1v) is 7.10. The number of ether oxygens (including phenoxy) is 1. The monoisotopic (exact) mass is 265 g/mol. The van der Waals surface area contributed by atoms with Crippen molar-refractivity contribution < 1.29 is 13.9 Å². The molecule has 1 aliphatic carbocycles. The smallest absolute Gasteiger partial charge is 0.341 e. The van der Waals surface area contributed by atoms with E-state index in [9.17, 15) is 4.79 Å². The summed E-state index contributed by atoms with van der Waals surface area (Å²) >= 11 is 0. The molecule has 1 aliphatic rings. The first-order valence-electron chi connectivity index (χ1n) is 7.10. The number of carbonyl (C=O) groups is 1. The Hall–Kier alpha value is -1.29. The Morgan fingerprint density at radius 1 is 1.42 bits per heavy atom. The molecule has 19 heavy (non-hydrogen) atoms. The minimum absolute atomic E-state index is 0.349. The zero-order valence-electron chi connectivity index (χ0n) is 11.8. The van der Waals surface area contributed by atoms with Gasteiger partial charge in [0, 0.05) is 6.04 Å². The number of furan rings is 1. The maximum absolute atomic E-state index is 11.3. The van der Waals surface area contributed by atoms with Crippen molar-refractivity contribution in [2.75, 3.05) is 7.11 Å². The van der Waals surface area contributed by atoms with Crippen molar-refractivity contribution in [1.29, 1.82) is 0 Å². The molecule has 0 amide bonds. The summed E-state index contributed by atoms with van der Waals surface area (Å²) in [7, 11) is 1.38. The summed E-state index contributed by atoms with van der Waals surface area (Å²) in [6.45, 7) is 2.98. The van der Waals surface area contributed by atoms with Gasteiger partial charge in [0.1, 0.15) is 12.0 Å². The van der Waals surface area contributed by atoms with Crippen molar-refractivity contribution in [3.63, 3.8) is 0 Å². The number of hydrogen-bond donors (Lipinski definition) is 1. The third-order valence-corrected chi connectivity index (χ3v) is 3.97. The fourth-order valence-electron chi connectivity index (χ4n) is 2.73. The van der Waals surface area contributed by atoms with Gasteiger partial charge in [0.25, 0.3) is 0 Å². The molecule has 0 saturated heterocycles. The molecule has 1 aromatic rings. The van der Waals surface area contributed by atoms with Crippen LogP contribution in [0.25, 0.3) is 0 Å². The molecule has 106 valence electrons. The highest BCUT2D eigenvalue weighted by Gasteiger charge is 2.20. The molecular weight excluding hydrogens is 242 g/mol. The van der Waals surface area contributed by atoms with E-state index in [1.807, 2.05) is 0 Å². The van der Waals surface area contributed by atoms with E-state index >= 15 is 0 Å². The minimum atomic E-state index is -0.349. The molecule has 2 unspecified atom stereocenters. The number of esters is 1. The van der Waals surface area contributed by atoms with Gasteiger partial charge in [0.05, 0.1) is 19.2 Å². The Balaban J connectivity index is 1.87. The van der Waals surface area contributed by atoms with Crippen LogP contribution in [0.4, 0.5) is 0 Å². The van der Waals surface area contributed by atoms with Crippen molar-refractivity contribution in [3.8, 4) is 0 Å². The molecule has 1 heterocycles. The van der Waals surface area contributed by atoms with Gasteiger partial charge in [0.2, 0.25) is 0 Å². The molecule has 4 nitrogen and oxygen atoms in total. The van der Waals surface area contributed by atoms with Crippen LogP contribution in [0.3, 0.4) is 0 Å².